The fourth-order valence-electron chi connectivity index (χ4n) is 4.25. The van der Waals surface area contributed by atoms with Crippen LogP contribution in [0.1, 0.15) is 5.56 Å². The first kappa shape index (κ1) is 20.5. The summed E-state index contributed by atoms with van der Waals surface area (Å²) in [7, 11) is 0. The van der Waals surface area contributed by atoms with Gasteiger partial charge < -0.3 is 0 Å². The van der Waals surface area contributed by atoms with Gasteiger partial charge in [-0.15, -0.1) is 0 Å². The third-order valence-corrected chi connectivity index (χ3v) is 5.94. The van der Waals surface area contributed by atoms with Crippen LogP contribution in [0.25, 0.3) is 27.6 Å². The highest BCUT2D eigenvalue weighted by atomic mass is 35.5. The molecular weight excluding hydrogens is 436 g/mol. The monoisotopic (exact) mass is 448 g/mol. The minimum atomic E-state index is -1.04. The van der Waals surface area contributed by atoms with Crippen molar-refractivity contribution in [3.05, 3.63) is 105 Å². The Hall–Kier alpha value is -4.36. The Balaban J connectivity index is 2.17. The summed E-state index contributed by atoms with van der Waals surface area (Å²) < 4.78 is 0. The Morgan fingerprint density at radius 1 is 0.758 bits per heavy atom. The van der Waals surface area contributed by atoms with Crippen molar-refractivity contribution in [1.82, 2.24) is 4.98 Å². The molecule has 1 aliphatic heterocycles. The van der Waals surface area contributed by atoms with E-state index in [-0.39, 0.29) is 21.2 Å². The molecule has 2 heterocycles. The maximum atomic E-state index is 12.3. The van der Waals surface area contributed by atoms with E-state index in [9.17, 15) is 14.4 Å². The standard InChI is InChI=1S/C27H13ClN2O3/c28-27-21(15-33)22(17-9-5-2-6-10-17)24-20(14-32)19(13-31)23-18(16-7-3-1-4-8-16)11-12-29-25(23)26(24)30-27/h1-12,27H. The second-order valence-electron chi connectivity index (χ2n) is 7.35. The molecule has 0 spiro atoms. The average molecular weight is 449 g/mol. The summed E-state index contributed by atoms with van der Waals surface area (Å²) in [6, 6.07) is 20.2. The maximum absolute atomic E-state index is 12.3. The van der Waals surface area contributed by atoms with Gasteiger partial charge in [0.05, 0.1) is 26.9 Å². The predicted octanol–water partition coefficient (Wildman–Crippen LogP) is 1.06. The molecule has 0 N–H and O–H groups in total. The van der Waals surface area contributed by atoms with Gasteiger partial charge in [-0.1, -0.05) is 72.3 Å². The van der Waals surface area contributed by atoms with Crippen LogP contribution in [-0.4, -0.2) is 28.3 Å². The number of hydrogen-bond donors (Lipinski definition) is 0. The molecule has 5 rings (SSSR count). The Morgan fingerprint density at radius 3 is 2.00 bits per heavy atom. The van der Waals surface area contributed by atoms with E-state index in [1.165, 1.54) is 0 Å². The van der Waals surface area contributed by atoms with E-state index < -0.39 is 5.50 Å². The Bertz CT molecular complexity index is 1780. The number of alkyl halides is 1. The first-order valence-corrected chi connectivity index (χ1v) is 10.5. The molecule has 3 aromatic carbocycles. The van der Waals surface area contributed by atoms with Crippen molar-refractivity contribution < 1.29 is 14.4 Å². The first-order valence-electron chi connectivity index (χ1n) is 10.0. The molecule has 6 heteroatoms. The zero-order valence-electron chi connectivity index (χ0n) is 17.0. The normalized spacial score (nSPS) is 14.6. The molecule has 0 saturated heterocycles. The average Bonchev–Trinajstić information content (AvgIpc) is 2.87. The van der Waals surface area contributed by atoms with Crippen LogP contribution in [0.3, 0.4) is 0 Å². The number of carbonyl (C=O) groups excluding carboxylic acids is 3. The minimum Gasteiger partial charge on any atom is -0.257 e. The van der Waals surface area contributed by atoms with E-state index in [2.05, 4.69) is 9.98 Å². The Labute approximate surface area is 192 Å². The number of pyridine rings is 1. The van der Waals surface area contributed by atoms with E-state index in [1.54, 1.807) is 36.5 Å². The summed E-state index contributed by atoms with van der Waals surface area (Å²) >= 11 is 6.49. The summed E-state index contributed by atoms with van der Waals surface area (Å²) in [5.74, 6) is 5.69. The minimum absolute atomic E-state index is 0.00704. The zero-order valence-corrected chi connectivity index (χ0v) is 17.8. The lowest BCUT2D eigenvalue weighted by molar-refractivity contribution is 0.564. The lowest BCUT2D eigenvalue weighted by Gasteiger charge is -2.18. The van der Waals surface area contributed by atoms with Crippen molar-refractivity contribution in [2.24, 2.45) is 4.99 Å². The Morgan fingerprint density at radius 2 is 1.39 bits per heavy atom. The zero-order chi connectivity index (χ0) is 22.9. The van der Waals surface area contributed by atoms with Crippen molar-refractivity contribution in [2.45, 2.75) is 5.50 Å². The number of halogens is 1. The van der Waals surface area contributed by atoms with Crippen LogP contribution in [0.5, 0.6) is 0 Å². The summed E-state index contributed by atoms with van der Waals surface area (Å²) in [4.78, 5) is 45.4. The summed E-state index contributed by atoms with van der Waals surface area (Å²) in [6.07, 6.45) is 1.61. The number of aromatic nitrogens is 1. The predicted molar refractivity (Wildman–Crippen MR) is 125 cm³/mol. The highest BCUT2D eigenvalue weighted by Crippen LogP contribution is 2.27. The van der Waals surface area contributed by atoms with Gasteiger partial charge in [0, 0.05) is 22.4 Å². The van der Waals surface area contributed by atoms with Gasteiger partial charge in [-0.2, -0.15) is 0 Å². The number of fused-ring (bicyclic) bond motifs is 3. The van der Waals surface area contributed by atoms with Crippen molar-refractivity contribution in [3.63, 3.8) is 0 Å². The summed E-state index contributed by atoms with van der Waals surface area (Å²) in [5, 5.41) is 0.978. The first-order chi connectivity index (χ1) is 16.2. The molecule has 0 fully saturated rings. The molecule has 0 amide bonds. The van der Waals surface area contributed by atoms with Gasteiger partial charge in [-0.25, -0.2) is 14.4 Å². The molecule has 1 unspecified atom stereocenters. The molecular formula is C27H13ClN2O3. The molecule has 1 aliphatic rings. The van der Waals surface area contributed by atoms with Crippen LogP contribution in [0.15, 0.2) is 83.5 Å². The van der Waals surface area contributed by atoms with Crippen LogP contribution in [0.4, 0.5) is 0 Å². The second kappa shape index (κ2) is 8.29. The maximum Gasteiger partial charge on any atom is 0.160 e. The number of benzene rings is 3. The molecule has 0 saturated carbocycles. The molecule has 0 aliphatic carbocycles. The second-order valence-corrected chi connectivity index (χ2v) is 7.76. The number of rotatable bonds is 2. The van der Waals surface area contributed by atoms with Crippen LogP contribution < -0.4 is 21.0 Å². The molecule has 0 bridgehead atoms. The molecule has 33 heavy (non-hydrogen) atoms. The lowest BCUT2D eigenvalue weighted by Crippen LogP contribution is -2.54. The van der Waals surface area contributed by atoms with Crippen molar-refractivity contribution in [2.75, 3.05) is 0 Å². The topological polar surface area (TPSA) is 76.5 Å². The smallest absolute Gasteiger partial charge is 0.160 e. The van der Waals surface area contributed by atoms with Gasteiger partial charge in [0.1, 0.15) is 17.8 Å². The van der Waals surface area contributed by atoms with Crippen molar-refractivity contribution in [1.29, 1.82) is 0 Å². The molecule has 5 nitrogen and oxygen atoms in total. The van der Waals surface area contributed by atoms with E-state index >= 15 is 0 Å². The van der Waals surface area contributed by atoms with Gasteiger partial charge in [0.15, 0.2) is 5.50 Å². The van der Waals surface area contributed by atoms with Crippen molar-refractivity contribution >= 4 is 45.9 Å². The summed E-state index contributed by atoms with van der Waals surface area (Å²) in [6.45, 7) is 0. The van der Waals surface area contributed by atoms with Gasteiger partial charge in [-0.05, 0) is 22.8 Å². The van der Waals surface area contributed by atoms with Gasteiger partial charge in [-0.3, -0.25) is 9.98 Å². The number of nitrogens with zero attached hydrogens (tertiary/aromatic N) is 2. The molecule has 0 radical (unpaired) electrons. The largest absolute Gasteiger partial charge is 0.257 e. The SMILES string of the molecule is O=C=C1C(c2ccccc2)=c2c(=C=O)c(=C=O)c3c(-c4ccccc4)ccnc3c2=NC1Cl. The van der Waals surface area contributed by atoms with Crippen LogP contribution in [0.2, 0.25) is 0 Å². The quantitative estimate of drug-likeness (QED) is 0.261. The summed E-state index contributed by atoms with van der Waals surface area (Å²) in [5.41, 5.74) is 1.94. The molecule has 4 aromatic rings. The van der Waals surface area contributed by atoms with Crippen LogP contribution >= 0.6 is 11.6 Å². The Kier molecular flexibility index (Phi) is 5.16. The van der Waals surface area contributed by atoms with E-state index in [0.29, 0.717) is 33.0 Å². The highest BCUT2D eigenvalue weighted by molar-refractivity contribution is 6.25. The lowest BCUT2D eigenvalue weighted by atomic mass is 9.90. The fraction of sp³-hybridized carbons (Fsp3) is 0.0370. The molecule has 1 atom stereocenters. The van der Waals surface area contributed by atoms with Gasteiger partial charge in [0.2, 0.25) is 0 Å². The van der Waals surface area contributed by atoms with Gasteiger partial charge in [0.25, 0.3) is 0 Å². The van der Waals surface area contributed by atoms with E-state index in [4.69, 9.17) is 11.6 Å². The number of hydrogen-bond acceptors (Lipinski definition) is 5. The molecule has 1 aromatic heterocycles. The van der Waals surface area contributed by atoms with Gasteiger partial charge >= 0.3 is 0 Å². The highest BCUT2D eigenvalue weighted by Gasteiger charge is 2.26. The van der Waals surface area contributed by atoms with Crippen LogP contribution in [0, 0.1) is 0 Å². The third-order valence-electron chi connectivity index (χ3n) is 5.62. The van der Waals surface area contributed by atoms with Crippen molar-refractivity contribution in [3.8, 4) is 11.1 Å². The van der Waals surface area contributed by atoms with Crippen LogP contribution in [-0.2, 0) is 14.4 Å². The van der Waals surface area contributed by atoms with E-state index in [1.807, 2.05) is 54.2 Å². The van der Waals surface area contributed by atoms with E-state index in [0.717, 1.165) is 5.56 Å². The fourth-order valence-corrected chi connectivity index (χ4v) is 4.50. The third kappa shape index (κ3) is 3.18. The molecule has 156 valence electrons.